The van der Waals surface area contributed by atoms with Crippen molar-refractivity contribution in [1.29, 1.82) is 0 Å². The molecule has 0 radical (unpaired) electrons. The molecule has 3 aromatic rings. The molecule has 3 aromatic carbocycles. The van der Waals surface area contributed by atoms with E-state index in [4.69, 9.17) is 15.8 Å². The molecule has 0 atom stereocenters. The molecule has 0 aliphatic heterocycles. The summed E-state index contributed by atoms with van der Waals surface area (Å²) in [5, 5.41) is 4.86. The van der Waals surface area contributed by atoms with Gasteiger partial charge in [0.15, 0.2) is 0 Å². The van der Waals surface area contributed by atoms with Gasteiger partial charge >= 0.3 is 10.1 Å². The molecule has 29 heavy (non-hydrogen) atoms. The first-order chi connectivity index (χ1) is 13.8. The monoisotopic (exact) mass is 428 g/mol. The van der Waals surface area contributed by atoms with Gasteiger partial charge in [0.05, 0.1) is 12.0 Å². The topological polar surface area (TPSA) is 84.8 Å². The van der Waals surface area contributed by atoms with Gasteiger partial charge in [-0.2, -0.15) is 13.5 Å². The number of hydrogen-bond donors (Lipinski definition) is 1. The van der Waals surface area contributed by atoms with E-state index in [1.165, 1.54) is 12.1 Å². The molecule has 148 valence electrons. The molecule has 0 aromatic heterocycles. The fourth-order valence-corrected chi connectivity index (χ4v) is 3.09. The molecule has 0 unspecified atom stereocenters. The molecule has 0 bridgehead atoms. The molecule has 8 heteroatoms. The predicted molar refractivity (Wildman–Crippen MR) is 113 cm³/mol. The Morgan fingerprint density at radius 3 is 1.97 bits per heavy atom. The standard InChI is InChI=1S/C21H17ClN2O4S/c1-29(26,27)28-19-13-9-16(10-14-19)20(15-7-11-18(22)12-8-15)23-24-21(25)17-5-3-2-4-6-17/h2-14H,1H3,(H,24,25). The van der Waals surface area contributed by atoms with Crippen LogP contribution in [-0.2, 0) is 10.1 Å². The quantitative estimate of drug-likeness (QED) is 0.367. The van der Waals surface area contributed by atoms with Gasteiger partial charge in [0.2, 0.25) is 0 Å². The van der Waals surface area contributed by atoms with Crippen LogP contribution in [0.25, 0.3) is 0 Å². The minimum absolute atomic E-state index is 0.181. The molecule has 0 saturated heterocycles. The van der Waals surface area contributed by atoms with E-state index in [1.807, 2.05) is 6.07 Å². The molecular formula is C21H17ClN2O4S. The normalized spacial score (nSPS) is 11.7. The van der Waals surface area contributed by atoms with E-state index in [-0.39, 0.29) is 11.7 Å². The molecule has 1 N–H and O–H groups in total. The minimum atomic E-state index is -3.62. The average Bonchev–Trinajstić information content (AvgIpc) is 2.70. The third-order valence-electron chi connectivity index (χ3n) is 3.80. The number of hydrogen-bond acceptors (Lipinski definition) is 5. The number of carbonyl (C=O) groups is 1. The highest BCUT2D eigenvalue weighted by atomic mass is 35.5. The molecular weight excluding hydrogens is 412 g/mol. The SMILES string of the molecule is CS(=O)(=O)Oc1ccc(C(=NNC(=O)c2ccccc2)c2ccc(Cl)cc2)cc1. The summed E-state index contributed by atoms with van der Waals surface area (Å²) in [6.07, 6.45) is 0.973. The van der Waals surface area contributed by atoms with Crippen LogP contribution in [0.1, 0.15) is 21.5 Å². The Labute approximate surface area is 173 Å². The first-order valence-corrected chi connectivity index (χ1v) is 10.7. The molecule has 6 nitrogen and oxygen atoms in total. The molecule has 0 heterocycles. The summed E-state index contributed by atoms with van der Waals surface area (Å²) in [5.41, 5.74) is 4.89. The first kappa shape index (κ1) is 20.6. The molecule has 0 saturated carbocycles. The zero-order valence-electron chi connectivity index (χ0n) is 15.4. The number of hydrazone groups is 1. The van der Waals surface area contributed by atoms with E-state index >= 15 is 0 Å². The third kappa shape index (κ3) is 5.91. The fourth-order valence-electron chi connectivity index (χ4n) is 2.51. The largest absolute Gasteiger partial charge is 0.383 e. The highest BCUT2D eigenvalue weighted by molar-refractivity contribution is 7.86. The summed E-state index contributed by atoms with van der Waals surface area (Å²) in [4.78, 5) is 12.4. The van der Waals surface area contributed by atoms with Crippen molar-refractivity contribution in [2.45, 2.75) is 0 Å². The van der Waals surface area contributed by atoms with E-state index in [1.54, 1.807) is 60.7 Å². The van der Waals surface area contributed by atoms with E-state index in [0.29, 0.717) is 21.9 Å². The maximum absolute atomic E-state index is 12.4. The molecule has 0 aliphatic carbocycles. The van der Waals surface area contributed by atoms with Crippen molar-refractivity contribution in [2.24, 2.45) is 5.10 Å². The molecule has 0 spiro atoms. The second-order valence-corrected chi connectivity index (χ2v) is 8.10. The Hall–Kier alpha value is -3.16. The Bertz CT molecular complexity index is 1130. The lowest BCUT2D eigenvalue weighted by Crippen LogP contribution is -2.20. The second-order valence-electron chi connectivity index (χ2n) is 6.09. The maximum atomic E-state index is 12.4. The highest BCUT2D eigenvalue weighted by Crippen LogP contribution is 2.19. The summed E-state index contributed by atoms with van der Waals surface area (Å²) in [6, 6.07) is 22.0. The average molecular weight is 429 g/mol. The lowest BCUT2D eigenvalue weighted by molar-refractivity contribution is 0.0955. The van der Waals surface area contributed by atoms with Crippen LogP contribution in [0.4, 0.5) is 0 Å². The number of nitrogens with zero attached hydrogens (tertiary/aromatic N) is 1. The van der Waals surface area contributed by atoms with Gasteiger partial charge in [0.25, 0.3) is 5.91 Å². The predicted octanol–water partition coefficient (Wildman–Crippen LogP) is 3.86. The third-order valence-corrected chi connectivity index (χ3v) is 4.55. The summed E-state index contributed by atoms with van der Waals surface area (Å²) in [6.45, 7) is 0. The Kier molecular flexibility index (Phi) is 6.31. The number of nitrogens with one attached hydrogen (secondary N) is 1. The van der Waals surface area contributed by atoms with Crippen LogP contribution in [0, 0.1) is 0 Å². The molecule has 1 amide bonds. The molecule has 0 aliphatic rings. The van der Waals surface area contributed by atoms with Gasteiger partial charge in [0.1, 0.15) is 5.75 Å². The van der Waals surface area contributed by atoms with Crippen LogP contribution in [0.5, 0.6) is 5.75 Å². The van der Waals surface area contributed by atoms with Crippen LogP contribution in [0.2, 0.25) is 5.02 Å². The van der Waals surface area contributed by atoms with E-state index < -0.39 is 10.1 Å². The van der Waals surface area contributed by atoms with E-state index in [2.05, 4.69) is 10.5 Å². The van der Waals surface area contributed by atoms with Gasteiger partial charge in [-0.25, -0.2) is 5.43 Å². The van der Waals surface area contributed by atoms with Gasteiger partial charge in [-0.3, -0.25) is 4.79 Å². The summed E-state index contributed by atoms with van der Waals surface area (Å²) < 4.78 is 27.4. The summed E-state index contributed by atoms with van der Waals surface area (Å²) in [7, 11) is -3.62. The second kappa shape index (κ2) is 8.89. The van der Waals surface area contributed by atoms with Crippen molar-refractivity contribution in [2.75, 3.05) is 6.26 Å². The van der Waals surface area contributed by atoms with Crippen molar-refractivity contribution >= 4 is 33.3 Å². The van der Waals surface area contributed by atoms with Crippen molar-refractivity contribution in [3.05, 3.63) is 101 Å². The Morgan fingerprint density at radius 2 is 1.41 bits per heavy atom. The molecule has 3 rings (SSSR count). The van der Waals surface area contributed by atoms with Gasteiger partial charge < -0.3 is 4.18 Å². The summed E-state index contributed by atoms with van der Waals surface area (Å²) >= 11 is 5.97. The van der Waals surface area contributed by atoms with Gasteiger partial charge in [-0.1, -0.05) is 41.9 Å². The van der Waals surface area contributed by atoms with Crippen molar-refractivity contribution < 1.29 is 17.4 Å². The van der Waals surface area contributed by atoms with E-state index in [9.17, 15) is 13.2 Å². The first-order valence-electron chi connectivity index (χ1n) is 8.51. The van der Waals surface area contributed by atoms with Crippen molar-refractivity contribution in [3.63, 3.8) is 0 Å². The fraction of sp³-hybridized carbons (Fsp3) is 0.0476. The summed E-state index contributed by atoms with van der Waals surface area (Å²) in [5.74, 6) is -0.172. The maximum Gasteiger partial charge on any atom is 0.306 e. The number of carbonyl (C=O) groups excluding carboxylic acids is 1. The zero-order valence-corrected chi connectivity index (χ0v) is 16.9. The van der Waals surface area contributed by atoms with E-state index in [0.717, 1.165) is 11.8 Å². The molecule has 0 fully saturated rings. The van der Waals surface area contributed by atoms with Crippen molar-refractivity contribution in [3.8, 4) is 5.75 Å². The number of benzene rings is 3. The number of rotatable bonds is 6. The minimum Gasteiger partial charge on any atom is -0.383 e. The highest BCUT2D eigenvalue weighted by Gasteiger charge is 2.11. The Morgan fingerprint density at radius 1 is 0.862 bits per heavy atom. The number of amides is 1. The van der Waals surface area contributed by atoms with Gasteiger partial charge in [-0.05, 0) is 48.5 Å². The van der Waals surface area contributed by atoms with Gasteiger partial charge in [-0.15, -0.1) is 0 Å². The van der Waals surface area contributed by atoms with Crippen LogP contribution in [0.15, 0.2) is 84.0 Å². The number of halogens is 1. The van der Waals surface area contributed by atoms with Crippen LogP contribution in [-0.4, -0.2) is 26.3 Å². The van der Waals surface area contributed by atoms with Crippen LogP contribution >= 0.6 is 11.6 Å². The lowest BCUT2D eigenvalue weighted by atomic mass is 10.0. The van der Waals surface area contributed by atoms with Crippen molar-refractivity contribution in [1.82, 2.24) is 5.43 Å². The zero-order chi connectivity index (χ0) is 20.9. The smallest absolute Gasteiger partial charge is 0.306 e. The lowest BCUT2D eigenvalue weighted by Gasteiger charge is -2.10. The Balaban J connectivity index is 1.93. The van der Waals surface area contributed by atoms with Crippen LogP contribution in [0.3, 0.4) is 0 Å². The van der Waals surface area contributed by atoms with Crippen LogP contribution < -0.4 is 9.61 Å². The van der Waals surface area contributed by atoms with Gasteiger partial charge in [0, 0.05) is 21.7 Å².